The molecule has 1 aliphatic rings. The zero-order valence-electron chi connectivity index (χ0n) is 14.5. The van der Waals surface area contributed by atoms with Crippen LogP contribution in [0.1, 0.15) is 22.3 Å². The molecule has 1 amide bonds. The molecule has 2 heterocycles. The van der Waals surface area contributed by atoms with Gasteiger partial charge < -0.3 is 15.0 Å². The van der Waals surface area contributed by atoms with Crippen LogP contribution in [0.15, 0.2) is 36.5 Å². The van der Waals surface area contributed by atoms with Gasteiger partial charge in [0.05, 0.1) is 12.7 Å². The minimum atomic E-state index is -0.104. The van der Waals surface area contributed by atoms with Gasteiger partial charge in [-0.15, -0.1) is 0 Å². The van der Waals surface area contributed by atoms with Gasteiger partial charge in [-0.2, -0.15) is 0 Å². The topological polar surface area (TPSA) is 54.5 Å². The van der Waals surface area contributed by atoms with E-state index in [1.165, 1.54) is 17.4 Å². The minimum absolute atomic E-state index is 0.104. The van der Waals surface area contributed by atoms with Crippen LogP contribution < -0.4 is 15.0 Å². The maximum atomic E-state index is 12.2. The lowest BCUT2D eigenvalue weighted by Crippen LogP contribution is -2.31. The number of rotatable bonds is 5. The molecule has 132 valence electrons. The van der Waals surface area contributed by atoms with Crippen molar-refractivity contribution in [2.24, 2.45) is 5.92 Å². The van der Waals surface area contributed by atoms with Crippen LogP contribution in [0.2, 0.25) is 5.02 Å². The number of methoxy groups -OCH3 is 1. The van der Waals surface area contributed by atoms with Crippen molar-refractivity contribution in [2.75, 3.05) is 31.6 Å². The van der Waals surface area contributed by atoms with Crippen molar-refractivity contribution in [3.63, 3.8) is 0 Å². The maximum Gasteiger partial charge on any atom is 0.252 e. The van der Waals surface area contributed by atoms with Crippen LogP contribution in [0.5, 0.6) is 5.88 Å². The molecule has 1 atom stereocenters. The quantitative estimate of drug-likeness (QED) is 0.889. The predicted molar refractivity (Wildman–Crippen MR) is 99.6 cm³/mol. The summed E-state index contributed by atoms with van der Waals surface area (Å²) >= 11 is 6.13. The number of halogens is 1. The smallest absolute Gasteiger partial charge is 0.252 e. The van der Waals surface area contributed by atoms with Crippen molar-refractivity contribution < 1.29 is 9.53 Å². The van der Waals surface area contributed by atoms with Gasteiger partial charge in [-0.1, -0.05) is 17.7 Å². The Balaban J connectivity index is 1.54. The highest BCUT2D eigenvalue weighted by Gasteiger charge is 2.24. The average molecular weight is 360 g/mol. The van der Waals surface area contributed by atoms with Crippen LogP contribution in [0.4, 0.5) is 5.69 Å². The Labute approximate surface area is 153 Å². The van der Waals surface area contributed by atoms with Crippen LogP contribution in [0.25, 0.3) is 0 Å². The molecule has 0 spiro atoms. The van der Waals surface area contributed by atoms with Crippen LogP contribution in [-0.2, 0) is 0 Å². The second-order valence-electron chi connectivity index (χ2n) is 6.33. The van der Waals surface area contributed by atoms with Crippen molar-refractivity contribution in [1.29, 1.82) is 0 Å². The molecular formula is C19H22ClN3O2. The highest BCUT2D eigenvalue weighted by Crippen LogP contribution is 2.29. The number of amides is 1. The normalized spacial score (nSPS) is 16.8. The summed E-state index contributed by atoms with van der Waals surface area (Å²) in [7, 11) is 1.55. The number of pyridine rings is 1. The number of hydrogen-bond donors (Lipinski definition) is 1. The van der Waals surface area contributed by atoms with Gasteiger partial charge in [0, 0.05) is 42.6 Å². The summed E-state index contributed by atoms with van der Waals surface area (Å²) in [5.41, 5.74) is 2.94. The number of carbonyl (C=O) groups is 1. The summed E-state index contributed by atoms with van der Waals surface area (Å²) < 4.78 is 5.00. The number of nitrogens with zero attached hydrogens (tertiary/aromatic N) is 2. The number of carbonyl (C=O) groups excluding carboxylic acids is 1. The third-order valence-corrected chi connectivity index (χ3v) is 4.79. The van der Waals surface area contributed by atoms with Crippen LogP contribution in [0.3, 0.4) is 0 Å². The van der Waals surface area contributed by atoms with Gasteiger partial charge in [0.1, 0.15) is 0 Å². The fourth-order valence-corrected chi connectivity index (χ4v) is 3.28. The molecular weight excluding hydrogens is 338 g/mol. The monoisotopic (exact) mass is 359 g/mol. The lowest BCUT2D eigenvalue weighted by atomic mass is 10.1. The summed E-state index contributed by atoms with van der Waals surface area (Å²) in [6.07, 6.45) is 2.58. The number of ether oxygens (including phenoxy) is 1. The van der Waals surface area contributed by atoms with Crippen molar-refractivity contribution in [1.82, 2.24) is 10.3 Å². The van der Waals surface area contributed by atoms with Crippen LogP contribution >= 0.6 is 11.6 Å². The molecule has 1 aromatic carbocycles. The van der Waals surface area contributed by atoms with E-state index in [0.717, 1.165) is 24.5 Å². The largest absolute Gasteiger partial charge is 0.481 e. The number of aromatic nitrogens is 1. The Morgan fingerprint density at radius 3 is 2.96 bits per heavy atom. The summed E-state index contributed by atoms with van der Waals surface area (Å²) in [4.78, 5) is 18.6. The summed E-state index contributed by atoms with van der Waals surface area (Å²) in [6, 6.07) is 9.38. The van der Waals surface area contributed by atoms with Gasteiger partial charge in [-0.25, -0.2) is 4.98 Å². The number of aryl methyl sites for hydroxylation is 1. The third kappa shape index (κ3) is 4.23. The molecule has 6 heteroatoms. The molecule has 0 radical (unpaired) electrons. The van der Waals surface area contributed by atoms with Crippen LogP contribution in [-0.4, -0.2) is 37.6 Å². The number of nitrogens with one attached hydrogen (secondary N) is 1. The van der Waals surface area contributed by atoms with Crippen LogP contribution in [0, 0.1) is 12.8 Å². The number of benzene rings is 1. The highest BCUT2D eigenvalue weighted by molar-refractivity contribution is 6.30. The molecule has 1 unspecified atom stereocenters. The predicted octanol–water partition coefficient (Wildman–Crippen LogP) is 3.31. The minimum Gasteiger partial charge on any atom is -0.481 e. The first-order valence-corrected chi connectivity index (χ1v) is 8.74. The molecule has 0 bridgehead atoms. The average Bonchev–Trinajstić information content (AvgIpc) is 3.10. The van der Waals surface area contributed by atoms with E-state index in [1.54, 1.807) is 19.2 Å². The number of hydrogen-bond acceptors (Lipinski definition) is 4. The van der Waals surface area contributed by atoms with Crippen molar-refractivity contribution >= 4 is 23.2 Å². The van der Waals surface area contributed by atoms with Gasteiger partial charge >= 0.3 is 0 Å². The molecule has 1 aliphatic heterocycles. The standard InChI is InChI=1S/C19H22ClN3O2/c1-13-3-5-16(20)9-17(13)23-8-7-14(12-23)10-22-19(24)15-4-6-18(25-2)21-11-15/h3-6,9,11,14H,7-8,10,12H2,1-2H3,(H,22,24). The fraction of sp³-hybridized carbons (Fsp3) is 0.368. The Kier molecular flexibility index (Phi) is 5.43. The third-order valence-electron chi connectivity index (χ3n) is 4.56. The van der Waals surface area contributed by atoms with E-state index in [4.69, 9.17) is 16.3 Å². The first-order chi connectivity index (χ1) is 12.1. The fourth-order valence-electron chi connectivity index (χ4n) is 3.12. The highest BCUT2D eigenvalue weighted by atomic mass is 35.5. The zero-order valence-corrected chi connectivity index (χ0v) is 15.2. The molecule has 1 saturated heterocycles. The molecule has 0 saturated carbocycles. The van der Waals surface area contributed by atoms with E-state index in [9.17, 15) is 4.79 Å². The van der Waals surface area contributed by atoms with Gasteiger partial charge in [0.2, 0.25) is 5.88 Å². The van der Waals surface area contributed by atoms with Gasteiger partial charge in [0.15, 0.2) is 0 Å². The zero-order chi connectivity index (χ0) is 17.8. The second-order valence-corrected chi connectivity index (χ2v) is 6.77. The van der Waals surface area contributed by atoms with E-state index in [1.807, 2.05) is 18.2 Å². The Morgan fingerprint density at radius 2 is 2.24 bits per heavy atom. The van der Waals surface area contributed by atoms with E-state index in [-0.39, 0.29) is 5.91 Å². The lowest BCUT2D eigenvalue weighted by Gasteiger charge is -2.21. The second kappa shape index (κ2) is 7.74. The maximum absolute atomic E-state index is 12.2. The van der Waals surface area contributed by atoms with Crippen molar-refractivity contribution in [2.45, 2.75) is 13.3 Å². The molecule has 1 N–H and O–H groups in total. The van der Waals surface area contributed by atoms with E-state index >= 15 is 0 Å². The summed E-state index contributed by atoms with van der Waals surface area (Å²) in [5.74, 6) is 0.820. The summed E-state index contributed by atoms with van der Waals surface area (Å²) in [6.45, 7) is 4.65. The van der Waals surface area contributed by atoms with Gasteiger partial charge in [-0.05, 0) is 43.0 Å². The molecule has 0 aliphatic carbocycles. The van der Waals surface area contributed by atoms with Gasteiger partial charge in [-0.3, -0.25) is 4.79 Å². The summed E-state index contributed by atoms with van der Waals surface area (Å²) in [5, 5.41) is 3.76. The molecule has 2 aromatic rings. The Morgan fingerprint density at radius 1 is 1.40 bits per heavy atom. The molecule has 3 rings (SSSR count). The first-order valence-electron chi connectivity index (χ1n) is 8.36. The lowest BCUT2D eigenvalue weighted by molar-refractivity contribution is 0.0948. The Bertz CT molecular complexity index is 749. The molecule has 1 aromatic heterocycles. The van der Waals surface area contributed by atoms with Crippen molar-refractivity contribution in [3.05, 3.63) is 52.7 Å². The van der Waals surface area contributed by atoms with Gasteiger partial charge in [0.25, 0.3) is 5.91 Å². The van der Waals surface area contributed by atoms with Crippen molar-refractivity contribution in [3.8, 4) is 5.88 Å². The van der Waals surface area contributed by atoms with E-state index in [2.05, 4.69) is 22.1 Å². The molecule has 5 nitrogen and oxygen atoms in total. The first kappa shape index (κ1) is 17.5. The van der Waals surface area contributed by atoms with E-state index < -0.39 is 0 Å². The SMILES string of the molecule is COc1ccc(C(=O)NCC2CCN(c3cc(Cl)ccc3C)C2)cn1. The number of anilines is 1. The molecule has 25 heavy (non-hydrogen) atoms. The Hall–Kier alpha value is -2.27. The molecule has 1 fully saturated rings. The van der Waals surface area contributed by atoms with E-state index in [0.29, 0.717) is 23.9 Å².